The molecule has 1 aromatic heterocycles. The lowest BCUT2D eigenvalue weighted by atomic mass is 9.84. The zero-order valence-electron chi connectivity index (χ0n) is 40.8. The Morgan fingerprint density at radius 1 is 0.309 bits per heavy atom. The van der Waals surface area contributed by atoms with E-state index < -0.39 is 60.4 Å². The van der Waals surface area contributed by atoms with E-state index in [1.165, 1.54) is 0 Å². The number of furan rings is 1. The highest BCUT2D eigenvalue weighted by Gasteiger charge is 2.19. The van der Waals surface area contributed by atoms with Crippen molar-refractivity contribution < 1.29 is 20.9 Å². The van der Waals surface area contributed by atoms with Crippen LogP contribution in [-0.2, 0) is 0 Å². The van der Waals surface area contributed by atoms with Gasteiger partial charge in [-0.25, -0.2) is 0 Å². The Kier molecular flexibility index (Phi) is 3.94. The molecule has 0 saturated carbocycles. The molecule has 0 bridgehead atoms. The van der Waals surface area contributed by atoms with Gasteiger partial charge in [0.2, 0.25) is 0 Å². The molecule has 12 aromatic carbocycles. The normalized spacial score (nSPS) is 15.4. The average Bonchev–Trinajstić information content (AvgIpc) is 3.76. The molecule has 13 aromatic rings. The van der Waals surface area contributed by atoms with Gasteiger partial charge in [-0.05, 0) is 139 Å². The highest BCUT2D eigenvalue weighted by molar-refractivity contribution is 6.27. The van der Waals surface area contributed by atoms with Crippen molar-refractivity contribution in [2.75, 3.05) is 0 Å². The summed E-state index contributed by atoms with van der Waals surface area (Å²) in [7, 11) is 0. The zero-order valence-corrected chi connectivity index (χ0v) is 28.8. The maximum atomic E-state index is 10.4. The molecule has 0 aliphatic heterocycles. The van der Waals surface area contributed by atoms with E-state index in [1.54, 1.807) is 0 Å². The van der Waals surface area contributed by atoms with Crippen molar-refractivity contribution in [3.63, 3.8) is 0 Å². The molecule has 0 atom stereocenters. The third kappa shape index (κ3) is 4.07. The van der Waals surface area contributed by atoms with Gasteiger partial charge >= 0.3 is 0 Å². The first-order chi connectivity index (χ1) is 32.3. The second-order valence-electron chi connectivity index (χ2n) is 14.2. The molecule has 0 fully saturated rings. The summed E-state index contributed by atoms with van der Waals surface area (Å²) in [6, 6.07) is 30.5. The average molecular weight is 707 g/mol. The van der Waals surface area contributed by atoms with E-state index in [0.717, 1.165) is 64.6 Å². The molecule has 1 heteroatoms. The van der Waals surface area contributed by atoms with Crippen molar-refractivity contribution in [3.05, 3.63) is 182 Å². The molecule has 0 aliphatic carbocycles. The first-order valence-corrected chi connectivity index (χ1v) is 18.1. The highest BCUT2D eigenvalue weighted by atomic mass is 16.3. The lowest BCUT2D eigenvalue weighted by Gasteiger charge is -2.19. The van der Waals surface area contributed by atoms with Crippen LogP contribution in [0.25, 0.3) is 131 Å². The van der Waals surface area contributed by atoms with Crippen LogP contribution in [0.15, 0.2) is 186 Å². The molecule has 0 spiro atoms. The van der Waals surface area contributed by atoms with Crippen LogP contribution in [0.2, 0.25) is 0 Å². The van der Waals surface area contributed by atoms with E-state index in [0.29, 0.717) is 11.1 Å². The lowest BCUT2D eigenvalue weighted by Crippen LogP contribution is -1.92. The van der Waals surface area contributed by atoms with Gasteiger partial charge in [-0.2, -0.15) is 0 Å². The van der Waals surface area contributed by atoms with E-state index in [9.17, 15) is 9.60 Å². The summed E-state index contributed by atoms with van der Waals surface area (Å²) < 4.78 is 118. The lowest BCUT2D eigenvalue weighted by molar-refractivity contribution is 0.669. The fourth-order valence-corrected chi connectivity index (χ4v) is 8.82. The van der Waals surface area contributed by atoms with E-state index in [2.05, 4.69) is 30.3 Å². The number of rotatable bonds is 3. The SMILES string of the molecule is [2H]c1c([2H])c(-c2c([2H])c([2H])c3oc4c([2H])c5c([2H])c([2H])c([2H])c([2H])c5c([2H])c4c3c2[2H])c(-c2ccc3ccc4cccc5ccc2c3c45)c([2H])c1-c1ccc2ccc3cccc4ccc1c2c34. The Labute approximate surface area is 332 Å². The number of fused-ring (bicyclic) bond motifs is 4. The van der Waals surface area contributed by atoms with Crippen LogP contribution in [-0.4, -0.2) is 0 Å². The first kappa shape index (κ1) is 20.3. The van der Waals surface area contributed by atoms with Gasteiger partial charge in [0.1, 0.15) is 11.2 Å². The van der Waals surface area contributed by atoms with Crippen LogP contribution in [0, 0.1) is 0 Å². The molecular formula is C54H30O. The van der Waals surface area contributed by atoms with Crippen LogP contribution < -0.4 is 0 Å². The number of benzene rings is 12. The molecule has 0 amide bonds. The molecular weight excluding hydrogens is 665 g/mol. The molecule has 0 N–H and O–H groups in total. The first-order valence-electron chi connectivity index (χ1n) is 24.1. The monoisotopic (exact) mass is 706 g/mol. The Morgan fingerprint density at radius 2 is 0.818 bits per heavy atom. The van der Waals surface area contributed by atoms with Crippen molar-refractivity contribution >= 4 is 97.3 Å². The fraction of sp³-hybridized carbons (Fsp3) is 0. The van der Waals surface area contributed by atoms with E-state index in [4.69, 9.17) is 11.3 Å². The molecule has 1 heterocycles. The minimum absolute atomic E-state index is 0.105. The minimum atomic E-state index is -0.605. The van der Waals surface area contributed by atoms with E-state index in [1.807, 2.05) is 78.9 Å². The Bertz CT molecular complexity index is 4390. The maximum absolute atomic E-state index is 10.4. The van der Waals surface area contributed by atoms with E-state index in [-0.39, 0.29) is 67.0 Å². The third-order valence-electron chi connectivity index (χ3n) is 11.3. The third-order valence-corrected chi connectivity index (χ3v) is 11.3. The molecule has 0 aliphatic rings. The summed E-state index contributed by atoms with van der Waals surface area (Å²) in [6.45, 7) is 0. The summed E-state index contributed by atoms with van der Waals surface area (Å²) in [6.07, 6.45) is 0. The van der Waals surface area contributed by atoms with Gasteiger partial charge in [0.15, 0.2) is 0 Å². The maximum Gasteiger partial charge on any atom is 0.136 e. The van der Waals surface area contributed by atoms with Crippen molar-refractivity contribution in [3.8, 4) is 33.4 Å². The summed E-state index contributed by atoms with van der Waals surface area (Å²) in [5, 5.41) is 10.6. The Hall–Kier alpha value is -7.22. The van der Waals surface area contributed by atoms with Crippen molar-refractivity contribution in [2.45, 2.75) is 0 Å². The van der Waals surface area contributed by atoms with Gasteiger partial charge in [0.05, 0.1) is 16.4 Å². The van der Waals surface area contributed by atoms with Gasteiger partial charge in [-0.3, -0.25) is 0 Å². The van der Waals surface area contributed by atoms with Gasteiger partial charge in [0, 0.05) is 10.8 Å². The standard InChI is InChI=1S/C54H30O/c1-2-6-38-30-50-48(27-37(38)5-1)47-29-40(20-26-49(47)55-50)42-22-19-39(41-21-15-35-13-11-31-7-3-9-33-17-24-44(41)53(35)51(31)33)28-46(42)43-23-16-36-14-12-32-8-4-10-34-18-25-45(43)54(36)52(32)34/h1-30H/i1D,2D,5D,6D,19D,20D,22D,26D,27D,28D,29D,30D. The Balaban J connectivity index is 1.21. The van der Waals surface area contributed by atoms with Crippen molar-refractivity contribution in [1.82, 2.24) is 0 Å². The van der Waals surface area contributed by atoms with Gasteiger partial charge in [-0.15, -0.1) is 0 Å². The Morgan fingerprint density at radius 3 is 1.49 bits per heavy atom. The molecule has 1 nitrogen and oxygen atoms in total. The molecule has 0 saturated heterocycles. The summed E-state index contributed by atoms with van der Waals surface area (Å²) in [5.74, 6) is 0. The second-order valence-corrected chi connectivity index (χ2v) is 14.2. The quantitative estimate of drug-likeness (QED) is 0.167. The van der Waals surface area contributed by atoms with Gasteiger partial charge < -0.3 is 4.42 Å². The summed E-state index contributed by atoms with van der Waals surface area (Å²) in [5.41, 5.74) is 0.465. The fourth-order valence-electron chi connectivity index (χ4n) is 8.82. The molecule has 0 radical (unpaired) electrons. The molecule has 13 rings (SSSR count). The summed E-state index contributed by atoms with van der Waals surface area (Å²) >= 11 is 0. The topological polar surface area (TPSA) is 13.1 Å². The van der Waals surface area contributed by atoms with Crippen LogP contribution in [0.1, 0.15) is 16.4 Å². The summed E-state index contributed by atoms with van der Waals surface area (Å²) in [4.78, 5) is 0. The van der Waals surface area contributed by atoms with Crippen molar-refractivity contribution in [2.24, 2.45) is 0 Å². The molecule has 55 heavy (non-hydrogen) atoms. The van der Waals surface area contributed by atoms with Gasteiger partial charge in [-0.1, -0.05) is 151 Å². The number of hydrogen-bond donors (Lipinski definition) is 0. The van der Waals surface area contributed by atoms with Crippen LogP contribution >= 0.6 is 0 Å². The predicted molar refractivity (Wildman–Crippen MR) is 235 cm³/mol. The highest BCUT2D eigenvalue weighted by Crippen LogP contribution is 2.46. The van der Waals surface area contributed by atoms with Crippen LogP contribution in [0.4, 0.5) is 0 Å². The zero-order chi connectivity index (χ0) is 46.2. The number of hydrogen-bond acceptors (Lipinski definition) is 1. The van der Waals surface area contributed by atoms with Gasteiger partial charge in [0.25, 0.3) is 0 Å². The second kappa shape index (κ2) is 10.7. The molecule has 252 valence electrons. The van der Waals surface area contributed by atoms with Crippen LogP contribution in [0.5, 0.6) is 0 Å². The molecule has 0 unspecified atom stereocenters. The van der Waals surface area contributed by atoms with Crippen LogP contribution in [0.3, 0.4) is 0 Å². The predicted octanol–water partition coefficient (Wildman–Crippen LogP) is 15.5. The largest absolute Gasteiger partial charge is 0.456 e. The van der Waals surface area contributed by atoms with Crippen molar-refractivity contribution in [1.29, 1.82) is 0 Å². The smallest absolute Gasteiger partial charge is 0.136 e. The van der Waals surface area contributed by atoms with E-state index >= 15 is 0 Å². The minimum Gasteiger partial charge on any atom is -0.456 e.